The average Bonchev–Trinajstić information content (AvgIpc) is 2.62. The second-order valence-corrected chi connectivity index (χ2v) is 6.02. The minimum Gasteiger partial charge on any atom is -0.469 e. The summed E-state index contributed by atoms with van der Waals surface area (Å²) in [5.41, 5.74) is 3.52. The van der Waals surface area contributed by atoms with Gasteiger partial charge in [0.2, 0.25) is 0 Å². The standard InChI is InChI=1S/C16H23NO2/c1-11-8-12(2)10-13(9-11)17-7-6-14(15(18)19-5)16(17,3)4/h8-10,14H,6-7H2,1-5H3. The molecule has 1 aromatic carbocycles. The van der Waals surface area contributed by atoms with Crippen molar-refractivity contribution < 1.29 is 9.53 Å². The maximum atomic E-state index is 11.9. The fourth-order valence-corrected chi connectivity index (χ4v) is 3.20. The molecule has 2 rings (SSSR count). The molecule has 1 fully saturated rings. The quantitative estimate of drug-likeness (QED) is 0.766. The zero-order valence-corrected chi connectivity index (χ0v) is 12.5. The van der Waals surface area contributed by atoms with Crippen LogP contribution in [-0.2, 0) is 9.53 Å². The highest BCUT2D eigenvalue weighted by molar-refractivity contribution is 5.76. The van der Waals surface area contributed by atoms with Crippen LogP contribution < -0.4 is 4.90 Å². The van der Waals surface area contributed by atoms with Gasteiger partial charge in [0.05, 0.1) is 13.0 Å². The number of nitrogens with zero attached hydrogens (tertiary/aromatic N) is 1. The molecule has 1 aliphatic rings. The van der Waals surface area contributed by atoms with Gasteiger partial charge in [0, 0.05) is 17.8 Å². The molecule has 104 valence electrons. The first-order chi connectivity index (χ1) is 8.86. The molecule has 0 bridgehead atoms. The van der Waals surface area contributed by atoms with E-state index in [0.29, 0.717) is 0 Å². The van der Waals surface area contributed by atoms with Gasteiger partial charge in [-0.2, -0.15) is 0 Å². The first-order valence-electron chi connectivity index (χ1n) is 6.80. The van der Waals surface area contributed by atoms with E-state index in [0.717, 1.165) is 13.0 Å². The van der Waals surface area contributed by atoms with Crippen LogP contribution in [0, 0.1) is 19.8 Å². The fourth-order valence-electron chi connectivity index (χ4n) is 3.20. The number of hydrogen-bond acceptors (Lipinski definition) is 3. The minimum atomic E-state index is -0.201. The van der Waals surface area contributed by atoms with E-state index >= 15 is 0 Å². The summed E-state index contributed by atoms with van der Waals surface area (Å²) >= 11 is 0. The van der Waals surface area contributed by atoms with Crippen LogP contribution >= 0.6 is 0 Å². The van der Waals surface area contributed by atoms with Gasteiger partial charge in [0.1, 0.15) is 0 Å². The number of carbonyl (C=O) groups is 1. The third-order valence-corrected chi connectivity index (χ3v) is 4.19. The Balaban J connectivity index is 2.34. The van der Waals surface area contributed by atoms with Crippen molar-refractivity contribution in [3.63, 3.8) is 0 Å². The molecule has 1 heterocycles. The van der Waals surface area contributed by atoms with Crippen LogP contribution in [0.4, 0.5) is 5.69 Å². The van der Waals surface area contributed by atoms with E-state index in [1.54, 1.807) is 0 Å². The Morgan fingerprint density at radius 2 is 1.84 bits per heavy atom. The zero-order chi connectivity index (χ0) is 14.2. The van der Waals surface area contributed by atoms with Crippen LogP contribution in [0.3, 0.4) is 0 Å². The molecule has 1 aromatic rings. The van der Waals surface area contributed by atoms with Gasteiger partial charge in [-0.05, 0) is 57.4 Å². The van der Waals surface area contributed by atoms with Crippen LogP contribution in [0.1, 0.15) is 31.4 Å². The Kier molecular flexibility index (Phi) is 3.57. The third-order valence-electron chi connectivity index (χ3n) is 4.19. The molecule has 0 saturated carbocycles. The molecule has 0 aliphatic carbocycles. The smallest absolute Gasteiger partial charge is 0.311 e. The number of rotatable bonds is 2. The number of benzene rings is 1. The van der Waals surface area contributed by atoms with E-state index in [-0.39, 0.29) is 17.4 Å². The topological polar surface area (TPSA) is 29.5 Å². The number of ether oxygens (including phenoxy) is 1. The lowest BCUT2D eigenvalue weighted by Gasteiger charge is -2.37. The second kappa shape index (κ2) is 4.87. The number of hydrogen-bond donors (Lipinski definition) is 0. The van der Waals surface area contributed by atoms with Crippen LogP contribution in [0.25, 0.3) is 0 Å². The Hall–Kier alpha value is -1.51. The molecular formula is C16H23NO2. The Labute approximate surface area is 115 Å². The van der Waals surface area contributed by atoms with Crippen molar-refractivity contribution in [3.8, 4) is 0 Å². The van der Waals surface area contributed by atoms with Crippen molar-refractivity contribution >= 4 is 11.7 Å². The molecule has 1 aliphatic heterocycles. The Bertz CT molecular complexity index is 473. The number of esters is 1. The Morgan fingerprint density at radius 1 is 1.26 bits per heavy atom. The molecular weight excluding hydrogens is 238 g/mol. The summed E-state index contributed by atoms with van der Waals surface area (Å²) in [4.78, 5) is 14.2. The predicted molar refractivity (Wildman–Crippen MR) is 77.5 cm³/mol. The highest BCUT2D eigenvalue weighted by Crippen LogP contribution is 2.39. The summed E-state index contributed by atoms with van der Waals surface area (Å²) in [7, 11) is 1.47. The van der Waals surface area contributed by atoms with Crippen molar-refractivity contribution in [2.24, 2.45) is 5.92 Å². The van der Waals surface area contributed by atoms with Crippen molar-refractivity contribution in [2.45, 2.75) is 39.7 Å². The van der Waals surface area contributed by atoms with E-state index in [2.05, 4.69) is 50.8 Å². The van der Waals surface area contributed by atoms with Gasteiger partial charge in [0.15, 0.2) is 0 Å². The summed E-state index contributed by atoms with van der Waals surface area (Å²) in [5, 5.41) is 0. The molecule has 0 amide bonds. The molecule has 0 N–H and O–H groups in total. The first-order valence-corrected chi connectivity index (χ1v) is 6.80. The SMILES string of the molecule is COC(=O)C1CCN(c2cc(C)cc(C)c2)C1(C)C. The summed E-state index contributed by atoms with van der Waals surface area (Å²) in [5.74, 6) is -0.157. The van der Waals surface area contributed by atoms with Crippen LogP contribution in [-0.4, -0.2) is 25.2 Å². The average molecular weight is 261 g/mol. The summed E-state index contributed by atoms with van der Waals surface area (Å²) in [6.07, 6.45) is 0.854. The van der Waals surface area contributed by atoms with Crippen LogP contribution in [0.15, 0.2) is 18.2 Å². The molecule has 1 saturated heterocycles. The summed E-state index contributed by atoms with van der Waals surface area (Å²) in [6, 6.07) is 6.55. The van der Waals surface area contributed by atoms with E-state index < -0.39 is 0 Å². The largest absolute Gasteiger partial charge is 0.469 e. The van der Waals surface area contributed by atoms with Crippen molar-refractivity contribution in [1.29, 1.82) is 0 Å². The number of methoxy groups -OCH3 is 1. The maximum absolute atomic E-state index is 11.9. The molecule has 0 spiro atoms. The van der Waals surface area contributed by atoms with E-state index in [1.165, 1.54) is 23.9 Å². The fraction of sp³-hybridized carbons (Fsp3) is 0.562. The zero-order valence-electron chi connectivity index (χ0n) is 12.5. The van der Waals surface area contributed by atoms with Gasteiger partial charge in [-0.25, -0.2) is 0 Å². The van der Waals surface area contributed by atoms with Crippen LogP contribution in [0.5, 0.6) is 0 Å². The van der Waals surface area contributed by atoms with Gasteiger partial charge in [0.25, 0.3) is 0 Å². The molecule has 3 nitrogen and oxygen atoms in total. The van der Waals surface area contributed by atoms with Gasteiger partial charge in [-0.3, -0.25) is 4.79 Å². The molecule has 0 aromatic heterocycles. The van der Waals surface area contributed by atoms with Gasteiger partial charge in [-0.1, -0.05) is 6.07 Å². The van der Waals surface area contributed by atoms with Crippen molar-refractivity contribution in [2.75, 3.05) is 18.6 Å². The minimum absolute atomic E-state index is 0.0571. The van der Waals surface area contributed by atoms with Crippen molar-refractivity contribution in [1.82, 2.24) is 0 Å². The van der Waals surface area contributed by atoms with E-state index in [9.17, 15) is 4.79 Å². The monoisotopic (exact) mass is 261 g/mol. The normalized spacial score (nSPS) is 21.5. The maximum Gasteiger partial charge on any atom is 0.311 e. The van der Waals surface area contributed by atoms with Gasteiger partial charge >= 0.3 is 5.97 Å². The lowest BCUT2D eigenvalue weighted by atomic mass is 9.88. The first kappa shape index (κ1) is 13.9. The predicted octanol–water partition coefficient (Wildman–Crippen LogP) is 3.08. The lowest BCUT2D eigenvalue weighted by Crippen LogP contribution is -2.45. The van der Waals surface area contributed by atoms with Gasteiger partial charge < -0.3 is 9.64 Å². The van der Waals surface area contributed by atoms with E-state index in [4.69, 9.17) is 4.74 Å². The highest BCUT2D eigenvalue weighted by atomic mass is 16.5. The molecule has 1 atom stereocenters. The molecule has 0 radical (unpaired) electrons. The third kappa shape index (κ3) is 2.46. The molecule has 3 heteroatoms. The van der Waals surface area contributed by atoms with Crippen molar-refractivity contribution in [3.05, 3.63) is 29.3 Å². The number of carbonyl (C=O) groups excluding carboxylic acids is 1. The van der Waals surface area contributed by atoms with Crippen LogP contribution in [0.2, 0.25) is 0 Å². The molecule has 1 unspecified atom stereocenters. The summed E-state index contributed by atoms with van der Waals surface area (Å²) in [6.45, 7) is 9.36. The van der Waals surface area contributed by atoms with E-state index in [1.807, 2.05) is 0 Å². The van der Waals surface area contributed by atoms with Gasteiger partial charge in [-0.15, -0.1) is 0 Å². The highest BCUT2D eigenvalue weighted by Gasteiger charge is 2.46. The molecule has 19 heavy (non-hydrogen) atoms. The number of anilines is 1. The summed E-state index contributed by atoms with van der Waals surface area (Å²) < 4.78 is 4.94. The Morgan fingerprint density at radius 3 is 2.37 bits per heavy atom. The number of aryl methyl sites for hydroxylation is 2. The second-order valence-electron chi connectivity index (χ2n) is 6.02. The lowest BCUT2D eigenvalue weighted by molar-refractivity contribution is -0.146.